The number of methoxy groups -OCH3 is 1. The van der Waals surface area contributed by atoms with Crippen LogP contribution in [0.25, 0.3) is 11.1 Å². The number of alkyl halides is 9. The van der Waals surface area contributed by atoms with Gasteiger partial charge in [0.05, 0.1) is 36.4 Å². The molecule has 3 aromatic rings. The third-order valence-corrected chi connectivity index (χ3v) is 7.33. The minimum atomic E-state index is -5.16. The minimum absolute atomic E-state index is 0.0218. The summed E-state index contributed by atoms with van der Waals surface area (Å²) in [7, 11) is 1.23. The molecule has 1 heterocycles. The van der Waals surface area contributed by atoms with Crippen LogP contribution in [-0.2, 0) is 29.8 Å². The first-order valence-electron chi connectivity index (χ1n) is 13.1. The summed E-state index contributed by atoms with van der Waals surface area (Å²) in [6.07, 6.45) is -17.9. The van der Waals surface area contributed by atoms with Gasteiger partial charge in [0, 0.05) is 11.6 Å². The van der Waals surface area contributed by atoms with E-state index in [1.54, 1.807) is 13.8 Å². The van der Waals surface area contributed by atoms with E-state index in [0.717, 1.165) is 29.2 Å². The minimum Gasteiger partial charge on any atom is -0.496 e. The van der Waals surface area contributed by atoms with Gasteiger partial charge in [-0.25, -0.2) is 9.18 Å². The van der Waals surface area contributed by atoms with Gasteiger partial charge in [-0.1, -0.05) is 19.9 Å². The Morgan fingerprint density at radius 1 is 0.818 bits per heavy atom. The van der Waals surface area contributed by atoms with Crippen molar-refractivity contribution in [3.63, 3.8) is 0 Å². The molecule has 1 saturated heterocycles. The quantitative estimate of drug-likeness (QED) is 0.253. The standard InChI is InChI=1S/C30H25F10NO3/c1-14(2)22-11-23(25(43-4)12-24(22)31)21-6-5-18(28(32,33)34)9-17(21)13-41-15(3)26(44-27(41)42)16-7-19(29(35,36)37)10-20(8-16)30(38,39)40/h5-12,14-15,26H,13H2,1-4H3/t15-,26?/m0/s1. The third kappa shape index (κ3) is 6.58. The molecule has 0 N–H and O–H groups in total. The van der Waals surface area contributed by atoms with E-state index in [1.807, 2.05) is 0 Å². The number of ether oxygens (including phenoxy) is 2. The summed E-state index contributed by atoms with van der Waals surface area (Å²) < 4.78 is 147. The fourth-order valence-electron chi connectivity index (χ4n) is 5.04. The van der Waals surface area contributed by atoms with Gasteiger partial charge in [-0.15, -0.1) is 0 Å². The van der Waals surface area contributed by atoms with Crippen molar-refractivity contribution in [1.82, 2.24) is 4.90 Å². The fraction of sp³-hybridized carbons (Fsp3) is 0.367. The Bertz CT molecular complexity index is 1530. The highest BCUT2D eigenvalue weighted by atomic mass is 19.4. The Labute approximate surface area is 245 Å². The molecular weight excluding hydrogens is 612 g/mol. The maximum Gasteiger partial charge on any atom is 0.416 e. The van der Waals surface area contributed by atoms with Crippen LogP contribution in [0.15, 0.2) is 48.5 Å². The van der Waals surface area contributed by atoms with Gasteiger partial charge < -0.3 is 9.47 Å². The number of hydrogen-bond acceptors (Lipinski definition) is 3. The molecule has 0 aromatic heterocycles. The Morgan fingerprint density at radius 3 is 1.89 bits per heavy atom. The van der Waals surface area contributed by atoms with Gasteiger partial charge in [0.15, 0.2) is 0 Å². The molecule has 0 spiro atoms. The predicted molar refractivity (Wildman–Crippen MR) is 138 cm³/mol. The summed E-state index contributed by atoms with van der Waals surface area (Å²) in [4.78, 5) is 13.8. The molecule has 0 saturated carbocycles. The molecule has 238 valence electrons. The topological polar surface area (TPSA) is 38.8 Å². The summed E-state index contributed by atoms with van der Waals surface area (Å²) in [5.74, 6) is -0.972. The Morgan fingerprint density at radius 2 is 1.39 bits per heavy atom. The van der Waals surface area contributed by atoms with Gasteiger partial charge in [0.25, 0.3) is 0 Å². The fourth-order valence-corrected chi connectivity index (χ4v) is 5.04. The van der Waals surface area contributed by atoms with Crippen molar-refractivity contribution in [1.29, 1.82) is 0 Å². The summed E-state index contributed by atoms with van der Waals surface area (Å²) in [5, 5.41) is 0. The number of carbonyl (C=O) groups is 1. The largest absolute Gasteiger partial charge is 0.496 e. The second-order valence-corrected chi connectivity index (χ2v) is 10.6. The lowest BCUT2D eigenvalue weighted by atomic mass is 9.91. The van der Waals surface area contributed by atoms with Crippen LogP contribution < -0.4 is 4.74 Å². The lowest BCUT2D eigenvalue weighted by Crippen LogP contribution is -2.32. The van der Waals surface area contributed by atoms with Crippen LogP contribution in [0.3, 0.4) is 0 Å². The highest BCUT2D eigenvalue weighted by Crippen LogP contribution is 2.43. The van der Waals surface area contributed by atoms with Crippen LogP contribution in [0.4, 0.5) is 48.7 Å². The summed E-state index contributed by atoms with van der Waals surface area (Å²) in [6, 6.07) is 4.71. The van der Waals surface area contributed by atoms with Gasteiger partial charge in [-0.05, 0) is 71.5 Å². The van der Waals surface area contributed by atoms with Crippen molar-refractivity contribution in [2.24, 2.45) is 0 Å². The second-order valence-electron chi connectivity index (χ2n) is 10.6. The van der Waals surface area contributed by atoms with E-state index in [-0.39, 0.29) is 40.0 Å². The second kappa shape index (κ2) is 11.5. The smallest absolute Gasteiger partial charge is 0.416 e. The molecule has 3 aromatic carbocycles. The normalized spacial score (nSPS) is 17.8. The van der Waals surface area contributed by atoms with Crippen LogP contribution in [0, 0.1) is 5.82 Å². The SMILES string of the molecule is COc1cc(F)c(C(C)C)cc1-c1ccc(C(F)(F)F)cc1CN1C(=O)OC(c2cc(C(F)(F)F)cc(C(F)(F)F)c2)[C@@H]1C. The van der Waals surface area contributed by atoms with Crippen molar-refractivity contribution in [2.75, 3.05) is 7.11 Å². The van der Waals surface area contributed by atoms with Crippen LogP contribution >= 0.6 is 0 Å². The lowest BCUT2D eigenvalue weighted by Gasteiger charge is -2.24. The Balaban J connectivity index is 1.81. The first kappa shape index (κ1) is 32.9. The predicted octanol–water partition coefficient (Wildman–Crippen LogP) is 9.76. The number of cyclic esters (lactones) is 1. The van der Waals surface area contributed by atoms with Crippen molar-refractivity contribution in [2.45, 2.75) is 63.9 Å². The first-order chi connectivity index (χ1) is 20.2. The van der Waals surface area contributed by atoms with Crippen molar-refractivity contribution >= 4 is 6.09 Å². The van der Waals surface area contributed by atoms with Gasteiger partial charge >= 0.3 is 24.6 Å². The van der Waals surface area contributed by atoms with Gasteiger partial charge in [0.2, 0.25) is 0 Å². The average Bonchev–Trinajstić information content (AvgIpc) is 3.19. The van der Waals surface area contributed by atoms with Crippen molar-refractivity contribution < 1.29 is 58.2 Å². The van der Waals surface area contributed by atoms with E-state index in [0.29, 0.717) is 12.1 Å². The molecule has 0 bridgehead atoms. The Hall–Kier alpha value is -3.97. The number of benzene rings is 3. The van der Waals surface area contributed by atoms with Crippen LogP contribution in [0.1, 0.15) is 66.2 Å². The molecule has 44 heavy (non-hydrogen) atoms. The average molecular weight is 638 g/mol. The molecule has 4 rings (SSSR count). The molecule has 1 unspecified atom stereocenters. The van der Waals surface area contributed by atoms with E-state index in [9.17, 15) is 48.7 Å². The maximum absolute atomic E-state index is 14.7. The third-order valence-electron chi connectivity index (χ3n) is 7.33. The lowest BCUT2D eigenvalue weighted by molar-refractivity contribution is -0.143. The number of nitrogens with zero attached hydrogens (tertiary/aromatic N) is 1. The summed E-state index contributed by atoms with van der Waals surface area (Å²) in [5.41, 5.74) is -4.48. The highest BCUT2D eigenvalue weighted by molar-refractivity contribution is 5.76. The monoisotopic (exact) mass is 637 g/mol. The first-order valence-corrected chi connectivity index (χ1v) is 13.1. The molecule has 0 radical (unpaired) electrons. The zero-order valence-corrected chi connectivity index (χ0v) is 23.5. The Kier molecular flexibility index (Phi) is 8.62. The summed E-state index contributed by atoms with van der Waals surface area (Å²) >= 11 is 0. The van der Waals surface area contributed by atoms with Gasteiger partial charge in [0.1, 0.15) is 17.7 Å². The zero-order valence-electron chi connectivity index (χ0n) is 23.5. The molecule has 4 nitrogen and oxygen atoms in total. The van der Waals surface area contributed by atoms with Crippen LogP contribution in [0.5, 0.6) is 5.75 Å². The molecular formula is C30H25F10NO3. The number of hydrogen-bond donors (Lipinski definition) is 0. The zero-order chi connectivity index (χ0) is 32.9. The number of halogens is 10. The molecule has 1 aliphatic heterocycles. The molecule has 1 fully saturated rings. The number of carbonyl (C=O) groups excluding carboxylic acids is 1. The highest BCUT2D eigenvalue weighted by Gasteiger charge is 2.44. The number of rotatable bonds is 6. The van der Waals surface area contributed by atoms with E-state index < -0.39 is 71.4 Å². The molecule has 1 amide bonds. The van der Waals surface area contributed by atoms with Gasteiger partial charge in [-0.2, -0.15) is 39.5 Å². The number of amides is 1. The summed E-state index contributed by atoms with van der Waals surface area (Å²) in [6.45, 7) is 4.09. The van der Waals surface area contributed by atoms with Crippen molar-refractivity contribution in [3.8, 4) is 16.9 Å². The van der Waals surface area contributed by atoms with Gasteiger partial charge in [-0.3, -0.25) is 4.90 Å². The van der Waals surface area contributed by atoms with E-state index in [1.165, 1.54) is 20.1 Å². The van der Waals surface area contributed by atoms with E-state index >= 15 is 0 Å². The molecule has 14 heteroatoms. The van der Waals surface area contributed by atoms with E-state index in [4.69, 9.17) is 9.47 Å². The van der Waals surface area contributed by atoms with E-state index in [2.05, 4.69) is 0 Å². The molecule has 2 atom stereocenters. The van der Waals surface area contributed by atoms with Crippen LogP contribution in [-0.4, -0.2) is 24.1 Å². The molecule has 1 aliphatic rings. The molecule has 0 aliphatic carbocycles. The van der Waals surface area contributed by atoms with Crippen molar-refractivity contribution in [3.05, 3.63) is 87.7 Å². The maximum atomic E-state index is 14.7. The van der Waals surface area contributed by atoms with Crippen LogP contribution in [0.2, 0.25) is 0 Å².